The lowest BCUT2D eigenvalue weighted by Crippen LogP contribution is -2.28. The summed E-state index contributed by atoms with van der Waals surface area (Å²) in [6.45, 7) is 3.91. The van der Waals surface area contributed by atoms with Crippen LogP contribution in [0.2, 0.25) is 10.0 Å². The van der Waals surface area contributed by atoms with Crippen LogP contribution in [0.25, 0.3) is 10.2 Å². The summed E-state index contributed by atoms with van der Waals surface area (Å²) >= 11 is 14.0. The van der Waals surface area contributed by atoms with Gasteiger partial charge in [0.1, 0.15) is 11.4 Å². The first-order valence-electron chi connectivity index (χ1n) is 9.09. The van der Waals surface area contributed by atoms with E-state index < -0.39 is 0 Å². The average Bonchev–Trinajstić information content (AvgIpc) is 3.02. The topological polar surface area (TPSA) is 64.0 Å². The molecule has 1 aromatic carbocycles. The normalized spacial score (nSPS) is 16.2. The van der Waals surface area contributed by atoms with Crippen LogP contribution in [0.3, 0.4) is 0 Å². The molecule has 2 heterocycles. The zero-order valence-electron chi connectivity index (χ0n) is 15.5. The van der Waals surface area contributed by atoms with Crippen molar-refractivity contribution < 1.29 is 4.79 Å². The van der Waals surface area contributed by atoms with Crippen LogP contribution in [0, 0.1) is 12.8 Å². The van der Waals surface area contributed by atoms with E-state index in [-0.39, 0.29) is 18.0 Å². The van der Waals surface area contributed by atoms with Gasteiger partial charge in [-0.2, -0.15) is 0 Å². The standard InChI is InChI=1S/C20H19Cl2N3O2S/c1-10-3-5-12-14(7-10)28-19-16(12)20(27)25(9-23-19)8-15(26)24-18-13(21)6-4-11(2)17(18)22/h4,6,9-10H,3,5,7-8H2,1-2H3,(H,24,26)/t10-/m0/s1. The molecule has 8 heteroatoms. The van der Waals surface area contributed by atoms with Crippen molar-refractivity contribution in [1.29, 1.82) is 0 Å². The summed E-state index contributed by atoms with van der Waals surface area (Å²) in [6, 6.07) is 3.46. The van der Waals surface area contributed by atoms with Gasteiger partial charge in [-0.05, 0) is 49.3 Å². The van der Waals surface area contributed by atoms with E-state index >= 15 is 0 Å². The largest absolute Gasteiger partial charge is 0.322 e. The zero-order valence-corrected chi connectivity index (χ0v) is 17.8. The van der Waals surface area contributed by atoms with Crippen LogP contribution in [-0.2, 0) is 24.2 Å². The van der Waals surface area contributed by atoms with Crippen LogP contribution >= 0.6 is 34.5 Å². The number of thiophene rings is 1. The quantitative estimate of drug-likeness (QED) is 0.639. The number of halogens is 2. The molecule has 2 aromatic heterocycles. The highest BCUT2D eigenvalue weighted by Gasteiger charge is 2.23. The van der Waals surface area contributed by atoms with Crippen LogP contribution < -0.4 is 10.9 Å². The zero-order chi connectivity index (χ0) is 20.0. The second-order valence-corrected chi connectivity index (χ2v) is 9.18. The fraction of sp³-hybridized carbons (Fsp3) is 0.350. The minimum Gasteiger partial charge on any atom is -0.322 e. The molecule has 1 N–H and O–H groups in total. The van der Waals surface area contributed by atoms with Gasteiger partial charge in [0.2, 0.25) is 5.91 Å². The monoisotopic (exact) mass is 435 g/mol. The number of fused-ring (bicyclic) bond motifs is 3. The summed E-state index contributed by atoms with van der Waals surface area (Å²) in [5.74, 6) is 0.243. The third-order valence-electron chi connectivity index (χ3n) is 5.14. The Morgan fingerprint density at radius 3 is 2.96 bits per heavy atom. The lowest BCUT2D eigenvalue weighted by atomic mass is 9.89. The van der Waals surface area contributed by atoms with Crippen LogP contribution in [0.4, 0.5) is 5.69 Å². The lowest BCUT2D eigenvalue weighted by molar-refractivity contribution is -0.116. The molecule has 146 valence electrons. The molecule has 0 fully saturated rings. The molecule has 0 unspecified atom stereocenters. The predicted molar refractivity (Wildman–Crippen MR) is 115 cm³/mol. The van der Waals surface area contributed by atoms with Crippen molar-refractivity contribution in [3.8, 4) is 0 Å². The lowest BCUT2D eigenvalue weighted by Gasteiger charge is -2.17. The Labute approximate surface area is 176 Å². The van der Waals surface area contributed by atoms with Crippen molar-refractivity contribution in [1.82, 2.24) is 9.55 Å². The molecule has 4 rings (SSSR count). The van der Waals surface area contributed by atoms with Gasteiger partial charge < -0.3 is 5.32 Å². The number of hydrogen-bond donors (Lipinski definition) is 1. The van der Waals surface area contributed by atoms with Crippen LogP contribution in [-0.4, -0.2) is 15.5 Å². The molecule has 0 radical (unpaired) electrons. The number of carbonyl (C=O) groups excluding carboxylic acids is 1. The molecular weight excluding hydrogens is 417 g/mol. The fourth-order valence-electron chi connectivity index (χ4n) is 3.58. The van der Waals surface area contributed by atoms with Crippen molar-refractivity contribution in [3.63, 3.8) is 0 Å². The number of aromatic nitrogens is 2. The molecule has 0 aliphatic heterocycles. The van der Waals surface area contributed by atoms with E-state index in [9.17, 15) is 9.59 Å². The minimum atomic E-state index is -0.379. The van der Waals surface area contributed by atoms with Gasteiger partial charge in [-0.25, -0.2) is 4.98 Å². The highest BCUT2D eigenvalue weighted by Crippen LogP contribution is 2.35. The Morgan fingerprint density at radius 1 is 1.39 bits per heavy atom. The van der Waals surface area contributed by atoms with Gasteiger partial charge in [0, 0.05) is 4.88 Å². The Morgan fingerprint density at radius 2 is 2.18 bits per heavy atom. The molecule has 1 atom stereocenters. The van der Waals surface area contributed by atoms with E-state index in [1.165, 1.54) is 15.8 Å². The first-order chi connectivity index (χ1) is 13.3. The number of hydrogen-bond acceptors (Lipinski definition) is 4. The van der Waals surface area contributed by atoms with Gasteiger partial charge in [-0.3, -0.25) is 14.2 Å². The minimum absolute atomic E-state index is 0.149. The molecule has 0 saturated heterocycles. The third-order valence-corrected chi connectivity index (χ3v) is 7.11. The maximum Gasteiger partial charge on any atom is 0.262 e. The molecule has 1 aliphatic carbocycles. The van der Waals surface area contributed by atoms with E-state index in [4.69, 9.17) is 23.2 Å². The van der Waals surface area contributed by atoms with Crippen LogP contribution in [0.1, 0.15) is 29.3 Å². The summed E-state index contributed by atoms with van der Waals surface area (Å²) in [7, 11) is 0. The number of anilines is 1. The third kappa shape index (κ3) is 3.45. The van der Waals surface area contributed by atoms with Gasteiger partial charge in [0.05, 0.1) is 27.4 Å². The van der Waals surface area contributed by atoms with E-state index in [2.05, 4.69) is 17.2 Å². The number of nitrogens with zero attached hydrogens (tertiary/aromatic N) is 2. The molecule has 3 aromatic rings. The van der Waals surface area contributed by atoms with E-state index in [1.54, 1.807) is 23.5 Å². The summed E-state index contributed by atoms with van der Waals surface area (Å²) < 4.78 is 1.35. The Balaban J connectivity index is 1.64. The summed E-state index contributed by atoms with van der Waals surface area (Å²) in [5, 5.41) is 4.12. The van der Waals surface area contributed by atoms with E-state index in [1.807, 2.05) is 6.92 Å². The highest BCUT2D eigenvalue weighted by molar-refractivity contribution is 7.18. The first kappa shape index (κ1) is 19.4. The van der Waals surface area contributed by atoms with Gasteiger partial charge >= 0.3 is 0 Å². The molecule has 28 heavy (non-hydrogen) atoms. The SMILES string of the molecule is Cc1ccc(Cl)c(NC(=O)Cn2cnc3sc4c(c3c2=O)CC[C@H](C)C4)c1Cl. The molecule has 0 spiro atoms. The number of aryl methyl sites for hydroxylation is 2. The fourth-order valence-corrected chi connectivity index (χ4v) is 5.39. The number of rotatable bonds is 3. The van der Waals surface area contributed by atoms with Crippen molar-refractivity contribution in [2.45, 2.75) is 39.7 Å². The maximum atomic E-state index is 13.0. The summed E-state index contributed by atoms with van der Waals surface area (Å²) in [6.07, 6.45) is 4.38. The molecule has 0 saturated carbocycles. The second-order valence-electron chi connectivity index (χ2n) is 7.31. The molecule has 1 amide bonds. The van der Waals surface area contributed by atoms with Gasteiger partial charge in [0.25, 0.3) is 5.56 Å². The van der Waals surface area contributed by atoms with Crippen LogP contribution in [0.15, 0.2) is 23.3 Å². The number of nitrogens with one attached hydrogen (secondary N) is 1. The Kier molecular flexibility index (Phi) is 5.21. The van der Waals surface area contributed by atoms with Gasteiger partial charge in [0.15, 0.2) is 0 Å². The molecule has 5 nitrogen and oxygen atoms in total. The van der Waals surface area contributed by atoms with Crippen molar-refractivity contribution in [2.75, 3.05) is 5.32 Å². The van der Waals surface area contributed by atoms with E-state index in [0.29, 0.717) is 27.0 Å². The molecular formula is C20H19Cl2N3O2S. The molecule has 0 bridgehead atoms. The Hall–Kier alpha value is -1.89. The van der Waals surface area contributed by atoms with Crippen molar-refractivity contribution >= 4 is 56.3 Å². The highest BCUT2D eigenvalue weighted by atomic mass is 35.5. The summed E-state index contributed by atoms with van der Waals surface area (Å²) in [5.41, 5.74) is 2.10. The number of amides is 1. The Bertz CT molecular complexity index is 1150. The molecule has 1 aliphatic rings. The second kappa shape index (κ2) is 7.50. The predicted octanol–water partition coefficient (Wildman–Crippen LogP) is 4.84. The van der Waals surface area contributed by atoms with Gasteiger partial charge in [-0.15, -0.1) is 11.3 Å². The van der Waals surface area contributed by atoms with Gasteiger partial charge in [-0.1, -0.05) is 36.2 Å². The van der Waals surface area contributed by atoms with Crippen molar-refractivity contribution in [2.24, 2.45) is 5.92 Å². The summed E-state index contributed by atoms with van der Waals surface area (Å²) in [4.78, 5) is 32.0. The maximum absolute atomic E-state index is 13.0. The smallest absolute Gasteiger partial charge is 0.262 e. The average molecular weight is 436 g/mol. The van der Waals surface area contributed by atoms with E-state index in [0.717, 1.165) is 35.2 Å². The van der Waals surface area contributed by atoms with Crippen LogP contribution in [0.5, 0.6) is 0 Å². The van der Waals surface area contributed by atoms with Crippen molar-refractivity contribution in [3.05, 3.63) is 54.9 Å². The first-order valence-corrected chi connectivity index (χ1v) is 10.7. The number of benzene rings is 1. The number of carbonyl (C=O) groups is 1.